The molecule has 1 N–H and O–H groups in total. The molecule has 0 saturated heterocycles. The lowest BCUT2D eigenvalue weighted by molar-refractivity contribution is 0.369. The summed E-state index contributed by atoms with van der Waals surface area (Å²) >= 11 is 5.21. The smallest absolute Gasteiger partial charge is 0.194 e. The summed E-state index contributed by atoms with van der Waals surface area (Å²) in [5.41, 5.74) is 0.976. The molecule has 23 heavy (non-hydrogen) atoms. The van der Waals surface area contributed by atoms with Crippen molar-refractivity contribution in [2.24, 2.45) is 4.99 Å². The van der Waals surface area contributed by atoms with Crippen molar-refractivity contribution in [3.05, 3.63) is 38.3 Å². The van der Waals surface area contributed by atoms with Crippen molar-refractivity contribution in [1.29, 1.82) is 0 Å². The molecule has 0 spiro atoms. The summed E-state index contributed by atoms with van der Waals surface area (Å²) in [7, 11) is 3.80. The topological polar surface area (TPSA) is 53.7 Å². The van der Waals surface area contributed by atoms with Crippen LogP contribution in [0.25, 0.3) is 0 Å². The molecule has 5 nitrogen and oxygen atoms in total. The molecule has 0 aliphatic carbocycles. The van der Waals surface area contributed by atoms with Crippen molar-refractivity contribution >= 4 is 57.2 Å². The van der Waals surface area contributed by atoms with Crippen LogP contribution >= 0.6 is 51.2 Å². The van der Waals surface area contributed by atoms with Gasteiger partial charge in [-0.25, -0.2) is 0 Å². The van der Waals surface area contributed by atoms with Gasteiger partial charge < -0.3 is 14.7 Å². The highest BCUT2D eigenvalue weighted by molar-refractivity contribution is 14.0. The maximum Gasteiger partial charge on any atom is 0.194 e. The Balaban J connectivity index is 0.00000264. The average molecular weight is 513 g/mol. The number of aromatic nitrogens is 1. The fourth-order valence-corrected chi connectivity index (χ4v) is 3.52. The van der Waals surface area contributed by atoms with Gasteiger partial charge in [0, 0.05) is 25.0 Å². The molecule has 0 bridgehead atoms. The minimum Gasteiger partial charge on any atom is -0.359 e. The van der Waals surface area contributed by atoms with Crippen LogP contribution in [0.5, 0.6) is 0 Å². The van der Waals surface area contributed by atoms with Crippen LogP contribution in [0.15, 0.2) is 31.5 Å². The first kappa shape index (κ1) is 20.4. The molecule has 2 heterocycles. The average Bonchev–Trinajstić information content (AvgIpc) is 3.09. The molecule has 2 rings (SSSR count). The Bertz CT molecular complexity index is 641. The van der Waals surface area contributed by atoms with Crippen molar-refractivity contribution in [2.75, 3.05) is 14.1 Å². The Kier molecular flexibility index (Phi) is 8.56. The van der Waals surface area contributed by atoms with E-state index >= 15 is 0 Å². The van der Waals surface area contributed by atoms with Gasteiger partial charge in [0.1, 0.15) is 0 Å². The highest BCUT2D eigenvalue weighted by atomic mass is 127. The van der Waals surface area contributed by atoms with Gasteiger partial charge in [0.15, 0.2) is 11.7 Å². The number of halogens is 2. The van der Waals surface area contributed by atoms with E-state index in [1.165, 1.54) is 4.88 Å². The number of aliphatic imine (C=N–C) groups is 1. The number of hydrogen-bond donors (Lipinski definition) is 1. The standard InChI is InChI=1S/C15H21BrN4OS.HI/c1-10(2)13-7-11(21-19-13)8-18-15(17-3)20(4)9-12-5-6-14(16)22-12;/h5-7,10H,8-9H2,1-4H3,(H,17,18);1H. The Morgan fingerprint density at radius 1 is 1.48 bits per heavy atom. The zero-order valence-electron chi connectivity index (χ0n) is 13.7. The predicted molar refractivity (Wildman–Crippen MR) is 110 cm³/mol. The SMILES string of the molecule is CN=C(NCc1cc(C(C)C)no1)N(C)Cc1ccc(Br)s1.I. The summed E-state index contributed by atoms with van der Waals surface area (Å²) in [6, 6.07) is 6.16. The van der Waals surface area contributed by atoms with Crippen LogP contribution in [0.4, 0.5) is 0 Å². The van der Waals surface area contributed by atoms with Crippen LogP contribution in [0.1, 0.15) is 36.1 Å². The second kappa shape index (κ2) is 9.63. The molecule has 0 aliphatic rings. The van der Waals surface area contributed by atoms with Crippen LogP contribution in [0, 0.1) is 0 Å². The molecular weight excluding hydrogens is 491 g/mol. The van der Waals surface area contributed by atoms with Gasteiger partial charge in [0.2, 0.25) is 0 Å². The van der Waals surface area contributed by atoms with Gasteiger partial charge in [-0.3, -0.25) is 4.99 Å². The van der Waals surface area contributed by atoms with Crippen molar-refractivity contribution in [1.82, 2.24) is 15.4 Å². The fourth-order valence-electron chi connectivity index (χ4n) is 1.98. The van der Waals surface area contributed by atoms with Gasteiger partial charge >= 0.3 is 0 Å². The first-order chi connectivity index (χ1) is 10.5. The maximum absolute atomic E-state index is 5.33. The van der Waals surface area contributed by atoms with E-state index in [0.29, 0.717) is 12.5 Å². The van der Waals surface area contributed by atoms with E-state index in [9.17, 15) is 0 Å². The highest BCUT2D eigenvalue weighted by Gasteiger charge is 2.11. The number of rotatable bonds is 5. The lowest BCUT2D eigenvalue weighted by Crippen LogP contribution is -2.37. The molecule has 0 amide bonds. The second-order valence-corrected chi connectivity index (χ2v) is 7.88. The molecule has 0 aliphatic heterocycles. The van der Waals surface area contributed by atoms with E-state index < -0.39 is 0 Å². The number of guanidine groups is 1. The van der Waals surface area contributed by atoms with Gasteiger partial charge in [0.05, 0.1) is 22.6 Å². The monoisotopic (exact) mass is 512 g/mol. The van der Waals surface area contributed by atoms with Gasteiger partial charge in [-0.05, 0) is 34.0 Å². The van der Waals surface area contributed by atoms with Crippen LogP contribution in [0.2, 0.25) is 0 Å². The van der Waals surface area contributed by atoms with Crippen molar-refractivity contribution < 1.29 is 4.52 Å². The summed E-state index contributed by atoms with van der Waals surface area (Å²) in [4.78, 5) is 7.67. The van der Waals surface area contributed by atoms with Gasteiger partial charge in [-0.15, -0.1) is 35.3 Å². The highest BCUT2D eigenvalue weighted by Crippen LogP contribution is 2.23. The molecule has 0 fully saturated rings. The van der Waals surface area contributed by atoms with Crippen LogP contribution in [-0.2, 0) is 13.1 Å². The summed E-state index contributed by atoms with van der Waals surface area (Å²) < 4.78 is 6.47. The normalized spacial score (nSPS) is 11.5. The van der Waals surface area contributed by atoms with Gasteiger partial charge in [-0.2, -0.15) is 0 Å². The molecule has 0 unspecified atom stereocenters. The molecule has 0 radical (unpaired) electrons. The molecule has 8 heteroatoms. The first-order valence-corrected chi connectivity index (χ1v) is 8.72. The number of hydrogen-bond acceptors (Lipinski definition) is 4. The maximum atomic E-state index is 5.33. The molecule has 2 aromatic heterocycles. The Labute approximate surface area is 166 Å². The lowest BCUT2D eigenvalue weighted by atomic mass is 10.1. The molecular formula is C15H22BrIN4OS. The largest absolute Gasteiger partial charge is 0.359 e. The lowest BCUT2D eigenvalue weighted by Gasteiger charge is -2.20. The van der Waals surface area contributed by atoms with Crippen molar-refractivity contribution in [2.45, 2.75) is 32.9 Å². The van der Waals surface area contributed by atoms with E-state index in [4.69, 9.17) is 4.52 Å². The molecule has 0 aromatic carbocycles. The van der Waals surface area contributed by atoms with E-state index in [1.54, 1.807) is 18.4 Å². The number of nitrogens with zero attached hydrogens (tertiary/aromatic N) is 3. The summed E-state index contributed by atoms with van der Waals surface area (Å²) in [6.07, 6.45) is 0. The molecule has 2 aromatic rings. The van der Waals surface area contributed by atoms with Crippen LogP contribution in [0.3, 0.4) is 0 Å². The van der Waals surface area contributed by atoms with Crippen LogP contribution < -0.4 is 5.32 Å². The van der Waals surface area contributed by atoms with Gasteiger partial charge in [0.25, 0.3) is 0 Å². The third-order valence-corrected chi connectivity index (χ3v) is 4.79. The van der Waals surface area contributed by atoms with Crippen molar-refractivity contribution in [3.63, 3.8) is 0 Å². The summed E-state index contributed by atoms with van der Waals surface area (Å²) in [5.74, 6) is 2.01. The zero-order chi connectivity index (χ0) is 16.1. The minimum atomic E-state index is 0. The molecule has 0 atom stereocenters. The zero-order valence-corrected chi connectivity index (χ0v) is 18.4. The Hall–Kier alpha value is -0.610. The van der Waals surface area contributed by atoms with E-state index in [0.717, 1.165) is 27.7 Å². The van der Waals surface area contributed by atoms with Gasteiger partial charge in [-0.1, -0.05) is 19.0 Å². The van der Waals surface area contributed by atoms with Crippen LogP contribution in [-0.4, -0.2) is 30.1 Å². The molecule has 128 valence electrons. The minimum absolute atomic E-state index is 0. The number of nitrogens with one attached hydrogen (secondary N) is 1. The fraction of sp³-hybridized carbons (Fsp3) is 0.467. The quantitative estimate of drug-likeness (QED) is 0.365. The first-order valence-electron chi connectivity index (χ1n) is 7.11. The Morgan fingerprint density at radius 2 is 2.22 bits per heavy atom. The van der Waals surface area contributed by atoms with Crippen molar-refractivity contribution in [3.8, 4) is 0 Å². The second-order valence-electron chi connectivity index (χ2n) is 5.34. The van der Waals surface area contributed by atoms with E-state index in [-0.39, 0.29) is 24.0 Å². The summed E-state index contributed by atoms with van der Waals surface area (Å²) in [5, 5.41) is 7.36. The van der Waals surface area contributed by atoms with E-state index in [2.05, 4.69) is 62.3 Å². The molecule has 0 saturated carbocycles. The third kappa shape index (κ3) is 6.07. The predicted octanol–water partition coefficient (Wildman–Crippen LogP) is 4.45. The third-order valence-electron chi connectivity index (χ3n) is 3.18. The Morgan fingerprint density at radius 3 is 2.74 bits per heavy atom. The van der Waals surface area contributed by atoms with E-state index in [1.807, 2.05) is 13.1 Å². The summed E-state index contributed by atoms with van der Waals surface area (Å²) in [6.45, 7) is 5.58. The number of thiophene rings is 1.